The molecule has 0 aliphatic heterocycles. The standard InChI is InChI=1S/C11H15F2N3O4S/c1-3-14-9-6-8(4-5-10(9)16(17)18)21(19,20)15(2)7-11(12)13/h4-6,11,14H,3,7H2,1-2H3. The summed E-state index contributed by atoms with van der Waals surface area (Å²) < 4.78 is 49.3. The summed E-state index contributed by atoms with van der Waals surface area (Å²) in [6, 6.07) is 3.12. The first-order valence-electron chi connectivity index (χ1n) is 5.97. The molecule has 0 aliphatic rings. The smallest absolute Gasteiger partial charge is 0.292 e. The predicted molar refractivity (Wildman–Crippen MR) is 73.1 cm³/mol. The fourth-order valence-electron chi connectivity index (χ4n) is 1.64. The zero-order valence-electron chi connectivity index (χ0n) is 11.4. The second kappa shape index (κ2) is 6.76. The molecule has 0 atom stereocenters. The van der Waals surface area contributed by atoms with Crippen molar-refractivity contribution in [1.29, 1.82) is 0 Å². The van der Waals surface area contributed by atoms with E-state index >= 15 is 0 Å². The maximum atomic E-state index is 12.3. The number of nitrogens with zero attached hydrogens (tertiary/aromatic N) is 2. The molecule has 0 saturated heterocycles. The normalized spacial score (nSPS) is 11.9. The van der Waals surface area contributed by atoms with Crippen LogP contribution < -0.4 is 5.32 Å². The molecule has 21 heavy (non-hydrogen) atoms. The van der Waals surface area contributed by atoms with Gasteiger partial charge in [-0.05, 0) is 19.1 Å². The van der Waals surface area contributed by atoms with Gasteiger partial charge in [0.1, 0.15) is 5.69 Å². The van der Waals surface area contributed by atoms with Crippen LogP contribution in [-0.2, 0) is 10.0 Å². The summed E-state index contributed by atoms with van der Waals surface area (Å²) in [6.45, 7) is 1.08. The molecule has 1 aromatic carbocycles. The molecule has 118 valence electrons. The highest BCUT2D eigenvalue weighted by Gasteiger charge is 2.26. The van der Waals surface area contributed by atoms with Crippen molar-refractivity contribution in [2.45, 2.75) is 18.2 Å². The zero-order valence-corrected chi connectivity index (χ0v) is 12.2. The van der Waals surface area contributed by atoms with Crippen LogP contribution in [0.25, 0.3) is 0 Å². The minimum absolute atomic E-state index is 0.0222. The van der Waals surface area contributed by atoms with Crippen molar-refractivity contribution >= 4 is 21.4 Å². The largest absolute Gasteiger partial charge is 0.380 e. The van der Waals surface area contributed by atoms with Crippen molar-refractivity contribution in [2.24, 2.45) is 0 Å². The summed E-state index contributed by atoms with van der Waals surface area (Å²) in [5, 5.41) is 13.5. The lowest BCUT2D eigenvalue weighted by Crippen LogP contribution is -2.31. The summed E-state index contributed by atoms with van der Waals surface area (Å²) in [4.78, 5) is 9.90. The first-order valence-corrected chi connectivity index (χ1v) is 7.41. The number of anilines is 1. The Bertz CT molecular complexity index is 622. The highest BCUT2D eigenvalue weighted by atomic mass is 32.2. The van der Waals surface area contributed by atoms with E-state index in [0.29, 0.717) is 10.8 Å². The highest BCUT2D eigenvalue weighted by molar-refractivity contribution is 7.89. The summed E-state index contributed by atoms with van der Waals surface area (Å²) in [5.41, 5.74) is -0.263. The summed E-state index contributed by atoms with van der Waals surface area (Å²) in [5.74, 6) is 0. The van der Waals surface area contributed by atoms with Gasteiger partial charge in [-0.25, -0.2) is 17.2 Å². The SMILES string of the molecule is CCNc1cc(S(=O)(=O)N(C)CC(F)F)ccc1[N+](=O)[O-]. The Morgan fingerprint density at radius 2 is 2.05 bits per heavy atom. The van der Waals surface area contributed by atoms with Gasteiger partial charge in [-0.15, -0.1) is 0 Å². The molecule has 0 aliphatic carbocycles. The highest BCUT2D eigenvalue weighted by Crippen LogP contribution is 2.28. The lowest BCUT2D eigenvalue weighted by molar-refractivity contribution is -0.384. The van der Waals surface area contributed by atoms with Gasteiger partial charge in [-0.2, -0.15) is 4.31 Å². The molecule has 0 saturated carbocycles. The first-order chi connectivity index (χ1) is 9.70. The van der Waals surface area contributed by atoms with Gasteiger partial charge in [0.25, 0.3) is 12.1 Å². The maximum Gasteiger partial charge on any atom is 0.292 e. The molecule has 0 bridgehead atoms. The summed E-state index contributed by atoms with van der Waals surface area (Å²) in [7, 11) is -3.10. The average Bonchev–Trinajstić information content (AvgIpc) is 2.37. The zero-order chi connectivity index (χ0) is 16.2. The summed E-state index contributed by atoms with van der Waals surface area (Å²) in [6.07, 6.45) is -2.81. The van der Waals surface area contributed by atoms with Gasteiger partial charge >= 0.3 is 0 Å². The number of halogens is 2. The molecule has 0 aromatic heterocycles. The number of rotatable bonds is 7. The molecule has 1 N–H and O–H groups in total. The number of nitrogens with one attached hydrogen (secondary N) is 1. The molecule has 1 rings (SSSR count). The van der Waals surface area contributed by atoms with Gasteiger partial charge in [-0.1, -0.05) is 0 Å². The van der Waals surface area contributed by atoms with Gasteiger partial charge in [0, 0.05) is 19.7 Å². The lowest BCUT2D eigenvalue weighted by Gasteiger charge is -2.17. The second-order valence-corrected chi connectivity index (χ2v) is 6.19. The van der Waals surface area contributed by atoms with Crippen LogP contribution in [0.5, 0.6) is 0 Å². The fourth-order valence-corrected chi connectivity index (χ4v) is 2.81. The molecule has 0 radical (unpaired) electrons. The lowest BCUT2D eigenvalue weighted by atomic mass is 10.2. The van der Waals surface area contributed by atoms with Crippen molar-refractivity contribution in [3.8, 4) is 0 Å². The fraction of sp³-hybridized carbons (Fsp3) is 0.455. The minimum atomic E-state index is -4.13. The number of nitro benzene ring substituents is 1. The van der Waals surface area contributed by atoms with E-state index in [1.54, 1.807) is 6.92 Å². The van der Waals surface area contributed by atoms with Gasteiger partial charge in [0.05, 0.1) is 16.4 Å². The minimum Gasteiger partial charge on any atom is -0.380 e. The Morgan fingerprint density at radius 3 is 2.52 bits per heavy atom. The molecule has 0 amide bonds. The summed E-state index contributed by atoms with van der Waals surface area (Å²) >= 11 is 0. The first kappa shape index (κ1) is 17.2. The third-order valence-electron chi connectivity index (χ3n) is 2.64. The Morgan fingerprint density at radius 1 is 1.43 bits per heavy atom. The van der Waals surface area contributed by atoms with Crippen LogP contribution in [0.1, 0.15) is 6.92 Å². The van der Waals surface area contributed by atoms with Gasteiger partial charge < -0.3 is 5.32 Å². The van der Waals surface area contributed by atoms with E-state index < -0.39 is 27.9 Å². The van der Waals surface area contributed by atoms with Gasteiger partial charge in [0.2, 0.25) is 10.0 Å². The number of nitro groups is 1. The number of alkyl halides is 2. The maximum absolute atomic E-state index is 12.3. The van der Waals surface area contributed by atoms with E-state index in [4.69, 9.17) is 0 Å². The van der Waals surface area contributed by atoms with Crippen molar-refractivity contribution < 1.29 is 22.1 Å². The van der Waals surface area contributed by atoms with E-state index in [1.807, 2.05) is 0 Å². The van der Waals surface area contributed by atoms with Crippen LogP contribution in [0.2, 0.25) is 0 Å². The van der Waals surface area contributed by atoms with E-state index in [1.165, 1.54) is 0 Å². The molecule has 0 heterocycles. The molecule has 7 nitrogen and oxygen atoms in total. The topological polar surface area (TPSA) is 92.6 Å². The molecular formula is C11H15F2N3O4S. The monoisotopic (exact) mass is 323 g/mol. The number of hydrogen-bond acceptors (Lipinski definition) is 5. The number of hydrogen-bond donors (Lipinski definition) is 1. The predicted octanol–water partition coefficient (Wildman–Crippen LogP) is 1.91. The number of sulfonamides is 1. The van der Waals surface area contributed by atoms with Gasteiger partial charge in [0.15, 0.2) is 0 Å². The number of benzene rings is 1. The van der Waals surface area contributed by atoms with Crippen LogP contribution in [0.3, 0.4) is 0 Å². The quantitative estimate of drug-likeness (QED) is 0.611. The Labute approximate surface area is 120 Å². The van der Waals surface area contributed by atoms with Crippen LogP contribution >= 0.6 is 0 Å². The molecule has 0 unspecified atom stereocenters. The van der Waals surface area contributed by atoms with Crippen molar-refractivity contribution in [3.05, 3.63) is 28.3 Å². The van der Waals surface area contributed by atoms with Crippen LogP contribution in [0.15, 0.2) is 23.1 Å². The van der Waals surface area contributed by atoms with E-state index in [2.05, 4.69) is 5.32 Å². The second-order valence-electron chi connectivity index (χ2n) is 4.14. The van der Waals surface area contributed by atoms with Crippen molar-refractivity contribution in [3.63, 3.8) is 0 Å². The van der Waals surface area contributed by atoms with E-state index in [9.17, 15) is 27.3 Å². The molecular weight excluding hydrogens is 308 g/mol. The van der Waals surface area contributed by atoms with Crippen LogP contribution in [0.4, 0.5) is 20.2 Å². The van der Waals surface area contributed by atoms with Crippen molar-refractivity contribution in [1.82, 2.24) is 4.31 Å². The van der Waals surface area contributed by atoms with Gasteiger partial charge in [-0.3, -0.25) is 10.1 Å². The average molecular weight is 323 g/mol. The van der Waals surface area contributed by atoms with Crippen LogP contribution in [-0.4, -0.2) is 44.2 Å². The van der Waals surface area contributed by atoms with E-state index in [0.717, 1.165) is 25.2 Å². The molecule has 0 fully saturated rings. The van der Waals surface area contributed by atoms with Crippen molar-refractivity contribution in [2.75, 3.05) is 25.5 Å². The third kappa shape index (κ3) is 4.08. The Kier molecular flexibility index (Phi) is 5.55. The Balaban J connectivity index is 3.25. The van der Waals surface area contributed by atoms with E-state index in [-0.39, 0.29) is 16.3 Å². The molecule has 0 spiro atoms. The molecule has 10 heteroatoms. The van der Waals surface area contributed by atoms with Crippen LogP contribution in [0, 0.1) is 10.1 Å². The third-order valence-corrected chi connectivity index (χ3v) is 4.45. The molecule has 1 aromatic rings. The Hall–Kier alpha value is -1.81.